The van der Waals surface area contributed by atoms with E-state index in [9.17, 15) is 4.79 Å². The molecule has 19 heavy (non-hydrogen) atoms. The highest BCUT2D eigenvalue weighted by Gasteiger charge is 2.09. The van der Waals surface area contributed by atoms with E-state index < -0.39 is 5.97 Å². The van der Waals surface area contributed by atoms with Crippen molar-refractivity contribution in [2.75, 3.05) is 18.5 Å². The Morgan fingerprint density at radius 1 is 1.47 bits per heavy atom. The highest BCUT2D eigenvalue weighted by molar-refractivity contribution is 7.09. The lowest BCUT2D eigenvalue weighted by Crippen LogP contribution is -2.12. The Balaban J connectivity index is 1.90. The van der Waals surface area contributed by atoms with E-state index in [1.165, 1.54) is 4.88 Å². The summed E-state index contributed by atoms with van der Waals surface area (Å²) in [5.41, 5.74) is 0.274. The van der Waals surface area contributed by atoms with Crippen molar-refractivity contribution < 1.29 is 9.53 Å². The fourth-order valence-electron chi connectivity index (χ4n) is 1.51. The Labute approximate surface area is 115 Å². The van der Waals surface area contributed by atoms with E-state index in [2.05, 4.69) is 21.4 Å². The fourth-order valence-corrected chi connectivity index (χ4v) is 2.22. The van der Waals surface area contributed by atoms with Gasteiger partial charge in [-0.1, -0.05) is 6.07 Å². The van der Waals surface area contributed by atoms with Gasteiger partial charge in [-0.15, -0.1) is 11.3 Å². The van der Waals surface area contributed by atoms with Gasteiger partial charge in [0, 0.05) is 17.6 Å². The van der Waals surface area contributed by atoms with E-state index in [0.717, 1.165) is 13.0 Å². The number of carbonyl (C=O) groups excluding carboxylic acids is 1. The zero-order valence-electron chi connectivity index (χ0n) is 10.6. The lowest BCUT2D eigenvalue weighted by Gasteiger charge is -2.05. The summed E-state index contributed by atoms with van der Waals surface area (Å²) in [4.78, 5) is 21.0. The Bertz CT molecular complexity index is 528. The van der Waals surface area contributed by atoms with Gasteiger partial charge in [0.05, 0.1) is 6.61 Å². The molecule has 2 rings (SSSR count). The van der Waals surface area contributed by atoms with Crippen LogP contribution in [0.1, 0.15) is 22.3 Å². The molecule has 0 saturated carbocycles. The van der Waals surface area contributed by atoms with Gasteiger partial charge in [0.1, 0.15) is 0 Å². The summed E-state index contributed by atoms with van der Waals surface area (Å²) >= 11 is 1.72. The van der Waals surface area contributed by atoms with Crippen LogP contribution in [0.15, 0.2) is 29.8 Å². The number of aromatic nitrogens is 2. The first-order chi connectivity index (χ1) is 9.29. The minimum absolute atomic E-state index is 0.274. The standard InChI is InChI=1S/C13H15N3O2S/c1-2-18-12(17)11-6-8-15-13(16-11)14-7-5-10-4-3-9-19-10/h3-4,6,8-9H,2,5,7H2,1H3,(H,14,15,16). The molecule has 0 unspecified atom stereocenters. The Kier molecular flexibility index (Phi) is 4.85. The molecule has 0 amide bonds. The lowest BCUT2D eigenvalue weighted by atomic mass is 10.3. The number of hydrogen-bond acceptors (Lipinski definition) is 6. The molecule has 0 aromatic carbocycles. The van der Waals surface area contributed by atoms with Crippen LogP contribution in [0.25, 0.3) is 0 Å². The number of rotatable bonds is 6. The topological polar surface area (TPSA) is 64.1 Å². The number of thiophene rings is 1. The quantitative estimate of drug-likeness (QED) is 0.821. The molecule has 1 N–H and O–H groups in total. The van der Waals surface area contributed by atoms with Gasteiger partial charge in [-0.25, -0.2) is 14.8 Å². The summed E-state index contributed by atoms with van der Waals surface area (Å²) in [6.45, 7) is 2.83. The number of ether oxygens (including phenoxy) is 1. The molecule has 2 heterocycles. The van der Waals surface area contributed by atoms with Crippen molar-refractivity contribution in [3.05, 3.63) is 40.3 Å². The third-order valence-electron chi connectivity index (χ3n) is 2.37. The molecule has 2 aromatic rings. The molecule has 0 fully saturated rings. The van der Waals surface area contributed by atoms with Crippen LogP contribution < -0.4 is 5.32 Å². The summed E-state index contributed by atoms with van der Waals surface area (Å²) in [6, 6.07) is 5.66. The maximum absolute atomic E-state index is 11.5. The van der Waals surface area contributed by atoms with Crippen LogP contribution in [0, 0.1) is 0 Å². The third kappa shape index (κ3) is 4.03. The van der Waals surface area contributed by atoms with E-state index in [1.807, 2.05) is 11.4 Å². The zero-order chi connectivity index (χ0) is 13.5. The van der Waals surface area contributed by atoms with Crippen LogP contribution in [0.2, 0.25) is 0 Å². The largest absolute Gasteiger partial charge is 0.461 e. The highest BCUT2D eigenvalue weighted by atomic mass is 32.1. The number of nitrogens with one attached hydrogen (secondary N) is 1. The van der Waals surface area contributed by atoms with Gasteiger partial charge in [0.25, 0.3) is 0 Å². The Hall–Kier alpha value is -1.95. The monoisotopic (exact) mass is 277 g/mol. The minimum Gasteiger partial charge on any atom is -0.461 e. The van der Waals surface area contributed by atoms with Crippen molar-refractivity contribution in [1.29, 1.82) is 0 Å². The first-order valence-electron chi connectivity index (χ1n) is 6.06. The molecule has 0 bridgehead atoms. The third-order valence-corrected chi connectivity index (χ3v) is 3.31. The average Bonchev–Trinajstić information content (AvgIpc) is 2.93. The fraction of sp³-hybridized carbons (Fsp3) is 0.308. The van der Waals surface area contributed by atoms with Crippen LogP contribution in [-0.2, 0) is 11.2 Å². The highest BCUT2D eigenvalue weighted by Crippen LogP contribution is 2.09. The van der Waals surface area contributed by atoms with Gasteiger partial charge in [0.2, 0.25) is 5.95 Å². The van der Waals surface area contributed by atoms with E-state index in [4.69, 9.17) is 4.74 Å². The van der Waals surface area contributed by atoms with Crippen molar-refractivity contribution in [2.45, 2.75) is 13.3 Å². The number of carbonyl (C=O) groups is 1. The smallest absolute Gasteiger partial charge is 0.357 e. The van der Waals surface area contributed by atoms with Crippen molar-refractivity contribution in [3.8, 4) is 0 Å². The van der Waals surface area contributed by atoms with Crippen LogP contribution in [-0.4, -0.2) is 29.1 Å². The van der Waals surface area contributed by atoms with E-state index >= 15 is 0 Å². The predicted octanol–water partition coefficient (Wildman–Crippen LogP) is 2.37. The van der Waals surface area contributed by atoms with Crippen molar-refractivity contribution in [2.24, 2.45) is 0 Å². The van der Waals surface area contributed by atoms with Gasteiger partial charge in [-0.2, -0.15) is 0 Å². The molecule has 6 heteroatoms. The van der Waals surface area contributed by atoms with Crippen LogP contribution in [0.4, 0.5) is 5.95 Å². The van der Waals surface area contributed by atoms with Crippen molar-refractivity contribution >= 4 is 23.3 Å². The number of nitrogens with zero attached hydrogens (tertiary/aromatic N) is 2. The molecule has 0 atom stereocenters. The number of anilines is 1. The van der Waals surface area contributed by atoms with E-state index in [1.54, 1.807) is 30.5 Å². The SMILES string of the molecule is CCOC(=O)c1ccnc(NCCc2cccs2)n1. The van der Waals surface area contributed by atoms with Crippen molar-refractivity contribution in [1.82, 2.24) is 9.97 Å². The molecular formula is C13H15N3O2S. The molecule has 0 radical (unpaired) electrons. The van der Waals surface area contributed by atoms with Gasteiger partial charge in [0.15, 0.2) is 5.69 Å². The van der Waals surface area contributed by atoms with Gasteiger partial charge >= 0.3 is 5.97 Å². The average molecular weight is 277 g/mol. The second-order valence-corrected chi connectivity index (χ2v) is 4.77. The summed E-state index contributed by atoms with van der Waals surface area (Å²) in [7, 11) is 0. The summed E-state index contributed by atoms with van der Waals surface area (Å²) in [5, 5.41) is 5.15. The van der Waals surface area contributed by atoms with Crippen molar-refractivity contribution in [3.63, 3.8) is 0 Å². The second kappa shape index (κ2) is 6.84. The summed E-state index contributed by atoms with van der Waals surface area (Å²) in [6.07, 6.45) is 2.46. The molecule has 0 aliphatic carbocycles. The summed E-state index contributed by atoms with van der Waals surface area (Å²) < 4.78 is 4.89. The zero-order valence-corrected chi connectivity index (χ0v) is 11.4. The molecule has 0 aliphatic rings. The van der Waals surface area contributed by atoms with Crippen LogP contribution in [0.5, 0.6) is 0 Å². The van der Waals surface area contributed by atoms with E-state index in [-0.39, 0.29) is 5.69 Å². The molecular weight excluding hydrogens is 262 g/mol. The molecule has 5 nitrogen and oxygen atoms in total. The first-order valence-corrected chi connectivity index (χ1v) is 6.94. The molecule has 0 aliphatic heterocycles. The van der Waals surface area contributed by atoms with Gasteiger partial charge < -0.3 is 10.1 Å². The Morgan fingerprint density at radius 2 is 2.37 bits per heavy atom. The summed E-state index contributed by atoms with van der Waals surface area (Å²) in [5.74, 6) is 0.0216. The molecule has 0 spiro atoms. The Morgan fingerprint density at radius 3 is 3.11 bits per heavy atom. The van der Waals surface area contributed by atoms with Gasteiger partial charge in [-0.3, -0.25) is 0 Å². The van der Waals surface area contributed by atoms with Gasteiger partial charge in [-0.05, 0) is 30.9 Å². The molecule has 2 aromatic heterocycles. The maximum Gasteiger partial charge on any atom is 0.357 e. The molecule has 0 saturated heterocycles. The molecule has 100 valence electrons. The minimum atomic E-state index is -0.425. The van der Waals surface area contributed by atoms with Crippen LogP contribution >= 0.6 is 11.3 Å². The number of esters is 1. The van der Waals surface area contributed by atoms with E-state index in [0.29, 0.717) is 12.6 Å². The normalized spacial score (nSPS) is 10.2. The van der Waals surface area contributed by atoms with Crippen LogP contribution in [0.3, 0.4) is 0 Å². The second-order valence-electron chi connectivity index (χ2n) is 3.74. The lowest BCUT2D eigenvalue weighted by molar-refractivity contribution is 0.0519. The maximum atomic E-state index is 11.5. The first kappa shape index (κ1) is 13.5. The number of hydrogen-bond donors (Lipinski definition) is 1. The predicted molar refractivity (Wildman–Crippen MR) is 74.5 cm³/mol.